The molecule has 0 spiro atoms. The van der Waals surface area contributed by atoms with Gasteiger partial charge in [0.15, 0.2) is 0 Å². The van der Waals surface area contributed by atoms with Crippen LogP contribution in [0.3, 0.4) is 0 Å². The van der Waals surface area contributed by atoms with E-state index in [4.69, 9.17) is 15.5 Å². The van der Waals surface area contributed by atoms with Crippen molar-refractivity contribution in [3.63, 3.8) is 0 Å². The first kappa shape index (κ1) is 18.3. The highest BCUT2D eigenvalue weighted by Crippen LogP contribution is 2.08. The van der Waals surface area contributed by atoms with Gasteiger partial charge in [0, 0.05) is 6.42 Å². The number of carboxylic acids is 1. The zero-order chi connectivity index (χ0) is 13.1. The zero-order valence-electron chi connectivity index (χ0n) is 10.4. The van der Waals surface area contributed by atoms with Gasteiger partial charge in [0.2, 0.25) is 0 Å². The quantitative estimate of drug-likeness (QED) is 0.799. The molecule has 0 aliphatic carbocycles. The maximum Gasteiger partial charge on any atom is 0.303 e. The smallest absolute Gasteiger partial charge is 0.303 e. The van der Waals surface area contributed by atoms with Crippen LogP contribution in [0.2, 0.25) is 0 Å². The van der Waals surface area contributed by atoms with Gasteiger partial charge < -0.3 is 15.7 Å². The molecule has 0 unspecified atom stereocenters. The summed E-state index contributed by atoms with van der Waals surface area (Å²) in [5.74, 6) is -0.549. The molecule has 0 aliphatic rings. The second-order valence-corrected chi connectivity index (χ2v) is 3.51. The van der Waals surface area contributed by atoms with E-state index in [0.29, 0.717) is 12.0 Å². The summed E-state index contributed by atoms with van der Waals surface area (Å²) in [5.41, 5.74) is 0.481. The van der Waals surface area contributed by atoms with Gasteiger partial charge in [-0.15, -0.1) is 0 Å². The van der Waals surface area contributed by atoms with Crippen molar-refractivity contribution in [1.82, 2.24) is 0 Å². The molecule has 100 valence electrons. The molecule has 0 aromatic heterocycles. The minimum absolute atomic E-state index is 0. The highest BCUT2D eigenvalue weighted by molar-refractivity contribution is 5.66. The van der Waals surface area contributed by atoms with Gasteiger partial charge in [-0.3, -0.25) is 4.79 Å². The molecule has 1 aromatic rings. The van der Waals surface area contributed by atoms with E-state index >= 15 is 0 Å². The molecular weight excluding hydrogens is 234 g/mol. The summed E-state index contributed by atoms with van der Waals surface area (Å²) < 4.78 is 0. The Bertz CT molecular complexity index is 385. The average Bonchev–Trinajstić information content (AvgIpc) is 2.30. The van der Waals surface area contributed by atoms with Crippen LogP contribution in [0.1, 0.15) is 38.2 Å². The van der Waals surface area contributed by atoms with Crippen LogP contribution in [-0.4, -0.2) is 21.7 Å². The number of aromatic hydroxyl groups is 1. The Hall–Kier alpha value is -2.06. The molecule has 5 nitrogen and oxygen atoms in total. The third-order valence-electron chi connectivity index (χ3n) is 1.97. The maximum atomic E-state index is 9.87. The van der Waals surface area contributed by atoms with Crippen molar-refractivity contribution < 1.29 is 20.5 Å². The molecule has 18 heavy (non-hydrogen) atoms. The van der Waals surface area contributed by atoms with Crippen LogP contribution in [0.5, 0.6) is 5.75 Å². The van der Waals surface area contributed by atoms with E-state index in [9.17, 15) is 4.79 Å². The number of nitriles is 1. The molecular formula is C13H19NO4. The molecule has 0 saturated heterocycles. The van der Waals surface area contributed by atoms with E-state index in [0.717, 1.165) is 19.3 Å². The molecule has 0 radical (unpaired) electrons. The van der Waals surface area contributed by atoms with Crippen molar-refractivity contribution in [3.8, 4) is 11.8 Å². The number of unbranched alkanes of at least 4 members (excludes halogenated alkanes) is 2. The predicted octanol–water partition coefficient (Wildman–Crippen LogP) is 2.09. The third kappa shape index (κ3) is 10.5. The maximum absolute atomic E-state index is 9.87. The van der Waals surface area contributed by atoms with Crippen LogP contribution in [-0.2, 0) is 4.79 Å². The van der Waals surface area contributed by atoms with E-state index in [2.05, 4.69) is 6.92 Å². The van der Waals surface area contributed by atoms with Gasteiger partial charge in [0.1, 0.15) is 5.75 Å². The number of nitrogens with zero attached hydrogens (tertiary/aromatic N) is 1. The summed E-state index contributed by atoms with van der Waals surface area (Å²) in [6.07, 6.45) is 3.28. The van der Waals surface area contributed by atoms with Crippen LogP contribution in [0.25, 0.3) is 0 Å². The molecule has 0 bridgehead atoms. The van der Waals surface area contributed by atoms with E-state index in [1.54, 1.807) is 12.1 Å². The summed E-state index contributed by atoms with van der Waals surface area (Å²) in [7, 11) is 0. The Labute approximate surface area is 107 Å². The van der Waals surface area contributed by atoms with Gasteiger partial charge in [0.25, 0.3) is 0 Å². The van der Waals surface area contributed by atoms with Crippen molar-refractivity contribution >= 4 is 5.97 Å². The summed E-state index contributed by atoms with van der Waals surface area (Å²) in [6.45, 7) is 2.06. The minimum Gasteiger partial charge on any atom is -0.508 e. The molecule has 1 aromatic carbocycles. The Balaban J connectivity index is 0. The van der Waals surface area contributed by atoms with E-state index in [1.165, 1.54) is 12.1 Å². The fourth-order valence-electron chi connectivity index (χ4n) is 1.10. The van der Waals surface area contributed by atoms with Crippen LogP contribution >= 0.6 is 0 Å². The molecule has 1 rings (SSSR count). The summed E-state index contributed by atoms with van der Waals surface area (Å²) in [6, 6.07) is 8.12. The molecule has 0 aliphatic heterocycles. The second-order valence-electron chi connectivity index (χ2n) is 3.51. The first-order chi connectivity index (χ1) is 8.10. The average molecular weight is 253 g/mol. The number of carboxylic acid groups (broad SMARTS) is 1. The first-order valence-electron chi connectivity index (χ1n) is 5.51. The van der Waals surface area contributed by atoms with E-state index in [-0.39, 0.29) is 11.2 Å². The number of benzene rings is 1. The van der Waals surface area contributed by atoms with Crippen LogP contribution in [0.15, 0.2) is 24.3 Å². The lowest BCUT2D eigenvalue weighted by Crippen LogP contribution is -1.92. The van der Waals surface area contributed by atoms with Crippen LogP contribution < -0.4 is 0 Å². The number of rotatable bonds is 4. The van der Waals surface area contributed by atoms with Crippen molar-refractivity contribution in [2.24, 2.45) is 0 Å². The van der Waals surface area contributed by atoms with Crippen LogP contribution in [0.4, 0.5) is 0 Å². The number of phenols is 1. The topological polar surface area (TPSA) is 113 Å². The van der Waals surface area contributed by atoms with Crippen LogP contribution in [0, 0.1) is 11.3 Å². The Morgan fingerprint density at radius 1 is 1.39 bits per heavy atom. The molecule has 0 fully saturated rings. The van der Waals surface area contributed by atoms with Gasteiger partial charge in [-0.1, -0.05) is 25.8 Å². The summed E-state index contributed by atoms with van der Waals surface area (Å²) in [5, 5.41) is 25.2. The van der Waals surface area contributed by atoms with Gasteiger partial charge in [-0.2, -0.15) is 5.26 Å². The Kier molecular flexibility index (Phi) is 11.6. The first-order valence-corrected chi connectivity index (χ1v) is 5.51. The van der Waals surface area contributed by atoms with Crippen molar-refractivity contribution in [3.05, 3.63) is 29.8 Å². The monoisotopic (exact) mass is 253 g/mol. The summed E-state index contributed by atoms with van der Waals surface area (Å²) in [4.78, 5) is 9.87. The largest absolute Gasteiger partial charge is 0.508 e. The normalized spacial score (nSPS) is 8.22. The van der Waals surface area contributed by atoms with Gasteiger partial charge in [0.05, 0.1) is 11.6 Å². The molecule has 0 atom stereocenters. The fourth-order valence-corrected chi connectivity index (χ4v) is 1.10. The lowest BCUT2D eigenvalue weighted by molar-refractivity contribution is -0.137. The van der Waals surface area contributed by atoms with Crippen molar-refractivity contribution in [1.29, 1.82) is 5.26 Å². The van der Waals surface area contributed by atoms with Gasteiger partial charge in [-0.25, -0.2) is 0 Å². The number of carbonyl (C=O) groups is 1. The molecule has 4 N–H and O–H groups in total. The third-order valence-corrected chi connectivity index (χ3v) is 1.97. The number of phenolic OH excluding ortho intramolecular Hbond substituents is 1. The van der Waals surface area contributed by atoms with E-state index in [1.807, 2.05) is 6.07 Å². The number of hydrogen-bond donors (Lipinski definition) is 2. The molecule has 0 heterocycles. The fraction of sp³-hybridized carbons (Fsp3) is 0.385. The standard InChI is InChI=1S/C7H5NO.C6H12O2.H2O/c8-5-6-2-1-3-7(9)4-6;1-2-3-4-5-6(7)8;/h1-4,9H;2-5H2,1H3,(H,7,8);1H2. The molecule has 0 amide bonds. The predicted molar refractivity (Wildman–Crippen MR) is 68.2 cm³/mol. The van der Waals surface area contributed by atoms with Crippen molar-refractivity contribution in [2.45, 2.75) is 32.6 Å². The van der Waals surface area contributed by atoms with E-state index < -0.39 is 5.97 Å². The molecule has 5 heteroatoms. The Morgan fingerprint density at radius 2 is 2.06 bits per heavy atom. The number of hydrogen-bond acceptors (Lipinski definition) is 3. The highest BCUT2D eigenvalue weighted by atomic mass is 16.4. The van der Waals surface area contributed by atoms with Gasteiger partial charge in [-0.05, 0) is 24.6 Å². The Morgan fingerprint density at radius 3 is 2.44 bits per heavy atom. The van der Waals surface area contributed by atoms with Crippen molar-refractivity contribution in [2.75, 3.05) is 0 Å². The second kappa shape index (κ2) is 11.4. The molecule has 0 saturated carbocycles. The SMILES string of the molecule is CCCCCC(=O)O.N#Cc1cccc(O)c1.O. The zero-order valence-corrected chi connectivity index (χ0v) is 10.4. The van der Waals surface area contributed by atoms with Gasteiger partial charge >= 0.3 is 5.97 Å². The summed E-state index contributed by atoms with van der Waals surface area (Å²) >= 11 is 0. The minimum atomic E-state index is -0.682. The lowest BCUT2D eigenvalue weighted by atomic mass is 10.2. The lowest BCUT2D eigenvalue weighted by Gasteiger charge is -1.89. The highest BCUT2D eigenvalue weighted by Gasteiger charge is 1.92. The number of aliphatic carboxylic acids is 1.